The molecular formula is C17H19FN4OS. The van der Waals surface area contributed by atoms with E-state index in [1.165, 1.54) is 17.8 Å². The number of amides is 1. The summed E-state index contributed by atoms with van der Waals surface area (Å²) in [6, 6.07) is 6.42. The number of anilines is 1. The Hall–Kier alpha value is -2.15. The van der Waals surface area contributed by atoms with Crippen LogP contribution in [0.25, 0.3) is 0 Å². The molecule has 0 spiro atoms. The Morgan fingerprint density at radius 1 is 1.33 bits per heavy atom. The Labute approximate surface area is 144 Å². The van der Waals surface area contributed by atoms with Gasteiger partial charge in [0.2, 0.25) is 5.95 Å². The van der Waals surface area contributed by atoms with Gasteiger partial charge in [0, 0.05) is 36.4 Å². The molecule has 1 aromatic heterocycles. The minimum absolute atomic E-state index is 0.0515. The van der Waals surface area contributed by atoms with Gasteiger partial charge in [0.15, 0.2) is 0 Å². The Kier molecular flexibility index (Phi) is 5.30. The molecule has 2 heterocycles. The summed E-state index contributed by atoms with van der Waals surface area (Å²) >= 11 is 1.37. The van der Waals surface area contributed by atoms with Crippen molar-refractivity contribution < 1.29 is 9.18 Å². The minimum Gasteiger partial charge on any atom is -0.347 e. The first-order valence-corrected chi connectivity index (χ1v) is 9.07. The second kappa shape index (κ2) is 7.61. The Bertz CT molecular complexity index is 713. The number of carbonyl (C=O) groups is 1. The molecular weight excluding hydrogens is 327 g/mol. The molecule has 0 radical (unpaired) electrons. The molecule has 24 heavy (non-hydrogen) atoms. The summed E-state index contributed by atoms with van der Waals surface area (Å²) in [5.74, 6) is -0.191. The topological polar surface area (TPSA) is 58.1 Å². The fourth-order valence-corrected chi connectivity index (χ4v) is 3.49. The van der Waals surface area contributed by atoms with Gasteiger partial charge in [0.05, 0.1) is 5.56 Å². The fourth-order valence-electron chi connectivity index (χ4n) is 2.88. The summed E-state index contributed by atoms with van der Waals surface area (Å²) in [4.78, 5) is 23.7. The number of carbonyl (C=O) groups excluding carboxylic acids is 1. The van der Waals surface area contributed by atoms with Gasteiger partial charge in [-0.2, -0.15) is 0 Å². The molecule has 1 amide bonds. The number of halogens is 1. The first-order chi connectivity index (χ1) is 11.7. The van der Waals surface area contributed by atoms with Crippen molar-refractivity contribution in [1.29, 1.82) is 0 Å². The average molecular weight is 346 g/mol. The number of thioether (sulfide) groups is 1. The molecule has 1 atom stereocenters. The van der Waals surface area contributed by atoms with Crippen LogP contribution in [0.2, 0.25) is 0 Å². The summed E-state index contributed by atoms with van der Waals surface area (Å²) in [6.45, 7) is 1.48. The molecule has 0 saturated carbocycles. The molecule has 0 bridgehead atoms. The molecule has 1 aliphatic heterocycles. The van der Waals surface area contributed by atoms with Crippen LogP contribution in [0.3, 0.4) is 0 Å². The molecule has 5 nitrogen and oxygen atoms in total. The van der Waals surface area contributed by atoms with Crippen LogP contribution < -0.4 is 10.2 Å². The highest BCUT2D eigenvalue weighted by Crippen LogP contribution is 2.23. The summed E-state index contributed by atoms with van der Waals surface area (Å²) < 4.78 is 14.1. The van der Waals surface area contributed by atoms with Crippen LogP contribution in [0.15, 0.2) is 41.6 Å². The Balaban J connectivity index is 1.71. The number of hydrogen-bond donors (Lipinski definition) is 1. The fraction of sp³-hybridized carbons (Fsp3) is 0.353. The highest BCUT2D eigenvalue weighted by atomic mass is 32.2. The van der Waals surface area contributed by atoms with Gasteiger partial charge in [0.25, 0.3) is 5.91 Å². The van der Waals surface area contributed by atoms with Gasteiger partial charge in [-0.25, -0.2) is 14.4 Å². The second-order valence-corrected chi connectivity index (χ2v) is 6.47. The van der Waals surface area contributed by atoms with Crippen molar-refractivity contribution >= 4 is 23.6 Å². The Morgan fingerprint density at radius 3 is 2.88 bits per heavy atom. The molecule has 126 valence electrons. The standard InChI is InChI=1S/C17H19FN4OS/c1-24-14-7-2-6-13(18)15(14)16(23)21-12-5-3-10-22(11-12)17-19-8-4-9-20-17/h2,4,6-9,12H,3,5,10-11H2,1H3,(H,21,23)/t12-/m0/s1. The van der Waals surface area contributed by atoms with E-state index in [0.717, 1.165) is 19.4 Å². The van der Waals surface area contributed by atoms with E-state index in [4.69, 9.17) is 0 Å². The predicted molar refractivity (Wildman–Crippen MR) is 92.9 cm³/mol. The number of piperidine rings is 1. The van der Waals surface area contributed by atoms with Crippen molar-refractivity contribution in [2.24, 2.45) is 0 Å². The predicted octanol–water partition coefficient (Wildman–Crippen LogP) is 2.74. The number of hydrogen-bond acceptors (Lipinski definition) is 5. The molecule has 0 unspecified atom stereocenters. The largest absolute Gasteiger partial charge is 0.347 e. The normalized spacial score (nSPS) is 17.6. The molecule has 2 aromatic rings. The van der Waals surface area contributed by atoms with E-state index < -0.39 is 5.82 Å². The first kappa shape index (κ1) is 16.7. The molecule has 1 saturated heterocycles. The van der Waals surface area contributed by atoms with E-state index in [-0.39, 0.29) is 17.5 Å². The Morgan fingerprint density at radius 2 is 2.12 bits per heavy atom. The third-order valence-electron chi connectivity index (χ3n) is 4.01. The van der Waals surface area contributed by atoms with E-state index in [2.05, 4.69) is 15.3 Å². The van der Waals surface area contributed by atoms with Crippen molar-refractivity contribution in [3.8, 4) is 0 Å². The lowest BCUT2D eigenvalue weighted by atomic mass is 10.1. The summed E-state index contributed by atoms with van der Waals surface area (Å²) in [5.41, 5.74) is 0.123. The van der Waals surface area contributed by atoms with E-state index in [1.807, 2.05) is 11.2 Å². The smallest absolute Gasteiger partial charge is 0.255 e. The third-order valence-corrected chi connectivity index (χ3v) is 4.79. The van der Waals surface area contributed by atoms with E-state index >= 15 is 0 Å². The molecule has 1 fully saturated rings. The van der Waals surface area contributed by atoms with Crippen molar-refractivity contribution in [3.05, 3.63) is 48.0 Å². The van der Waals surface area contributed by atoms with E-state index in [1.54, 1.807) is 30.6 Å². The van der Waals surface area contributed by atoms with Crippen molar-refractivity contribution in [1.82, 2.24) is 15.3 Å². The summed E-state index contributed by atoms with van der Waals surface area (Å²) in [7, 11) is 0. The monoisotopic (exact) mass is 346 g/mol. The first-order valence-electron chi connectivity index (χ1n) is 7.84. The third kappa shape index (κ3) is 3.67. The van der Waals surface area contributed by atoms with Crippen LogP contribution in [0, 0.1) is 5.82 Å². The van der Waals surface area contributed by atoms with Crippen LogP contribution in [-0.2, 0) is 0 Å². The van der Waals surface area contributed by atoms with Gasteiger partial charge >= 0.3 is 0 Å². The van der Waals surface area contributed by atoms with Crippen LogP contribution in [0.4, 0.5) is 10.3 Å². The summed E-state index contributed by atoms with van der Waals surface area (Å²) in [6.07, 6.45) is 7.03. The van der Waals surface area contributed by atoms with Crippen molar-refractivity contribution in [2.75, 3.05) is 24.2 Å². The highest BCUT2D eigenvalue weighted by molar-refractivity contribution is 7.98. The van der Waals surface area contributed by atoms with Crippen LogP contribution in [0.1, 0.15) is 23.2 Å². The van der Waals surface area contributed by atoms with Gasteiger partial charge in [-0.05, 0) is 37.3 Å². The lowest BCUT2D eigenvalue weighted by Gasteiger charge is -2.33. The highest BCUT2D eigenvalue weighted by Gasteiger charge is 2.25. The number of nitrogens with one attached hydrogen (secondary N) is 1. The van der Waals surface area contributed by atoms with Gasteiger partial charge in [-0.3, -0.25) is 4.79 Å². The molecule has 3 rings (SSSR count). The zero-order valence-electron chi connectivity index (χ0n) is 13.4. The van der Waals surface area contributed by atoms with Gasteiger partial charge in [0.1, 0.15) is 5.82 Å². The van der Waals surface area contributed by atoms with Gasteiger partial charge < -0.3 is 10.2 Å². The number of nitrogens with zero attached hydrogens (tertiary/aromatic N) is 3. The minimum atomic E-state index is -0.488. The SMILES string of the molecule is CSc1cccc(F)c1C(=O)N[C@H]1CCCN(c2ncccn2)C1. The number of rotatable bonds is 4. The van der Waals surface area contributed by atoms with Gasteiger partial charge in [-0.1, -0.05) is 6.07 Å². The maximum Gasteiger partial charge on any atom is 0.255 e. The van der Waals surface area contributed by atoms with E-state index in [9.17, 15) is 9.18 Å². The van der Waals surface area contributed by atoms with Crippen LogP contribution in [0.5, 0.6) is 0 Å². The maximum absolute atomic E-state index is 14.1. The summed E-state index contributed by atoms with van der Waals surface area (Å²) in [5, 5.41) is 2.96. The van der Waals surface area contributed by atoms with Crippen LogP contribution >= 0.6 is 11.8 Å². The lowest BCUT2D eigenvalue weighted by molar-refractivity contribution is 0.0925. The van der Waals surface area contributed by atoms with Gasteiger partial charge in [-0.15, -0.1) is 11.8 Å². The molecule has 7 heteroatoms. The van der Waals surface area contributed by atoms with Crippen molar-refractivity contribution in [3.63, 3.8) is 0 Å². The maximum atomic E-state index is 14.1. The molecule has 0 aliphatic carbocycles. The molecule has 1 aliphatic rings. The quantitative estimate of drug-likeness (QED) is 0.863. The average Bonchev–Trinajstić information content (AvgIpc) is 2.62. The van der Waals surface area contributed by atoms with E-state index in [0.29, 0.717) is 17.4 Å². The number of benzene rings is 1. The van der Waals surface area contributed by atoms with Crippen LogP contribution in [-0.4, -0.2) is 41.3 Å². The second-order valence-electron chi connectivity index (χ2n) is 5.62. The zero-order valence-corrected chi connectivity index (χ0v) is 14.2. The lowest BCUT2D eigenvalue weighted by Crippen LogP contribution is -2.48. The van der Waals surface area contributed by atoms with Crippen molar-refractivity contribution in [2.45, 2.75) is 23.8 Å². The molecule has 1 aromatic carbocycles. The zero-order chi connectivity index (χ0) is 16.9. The molecule has 1 N–H and O–H groups in total. The number of aromatic nitrogens is 2.